The molecule has 18 heavy (non-hydrogen) atoms. The third-order valence-corrected chi connectivity index (χ3v) is 2.88. The van der Waals surface area contributed by atoms with Gasteiger partial charge in [-0.15, -0.1) is 0 Å². The molecule has 0 fully saturated rings. The van der Waals surface area contributed by atoms with Crippen molar-refractivity contribution in [3.8, 4) is 0 Å². The second kappa shape index (κ2) is 6.01. The van der Waals surface area contributed by atoms with E-state index in [0.717, 1.165) is 18.4 Å². The molecule has 0 saturated carbocycles. The Morgan fingerprint density at radius 3 is 2.28 bits per heavy atom. The van der Waals surface area contributed by atoms with Gasteiger partial charge in [0, 0.05) is 0 Å². The van der Waals surface area contributed by atoms with Gasteiger partial charge in [0.25, 0.3) is 0 Å². The van der Waals surface area contributed by atoms with E-state index in [-0.39, 0.29) is 11.4 Å². The molecule has 0 spiro atoms. The molecule has 0 aromatic heterocycles. The van der Waals surface area contributed by atoms with Crippen LogP contribution in [0.5, 0.6) is 0 Å². The smallest absolute Gasteiger partial charge is 0.337 e. The second-order valence-electron chi connectivity index (χ2n) is 5.73. The van der Waals surface area contributed by atoms with Gasteiger partial charge < -0.3 is 9.84 Å². The van der Waals surface area contributed by atoms with Crippen molar-refractivity contribution in [2.24, 2.45) is 5.41 Å². The molecule has 0 aliphatic carbocycles. The maximum Gasteiger partial charge on any atom is 0.337 e. The van der Waals surface area contributed by atoms with E-state index >= 15 is 0 Å². The lowest BCUT2D eigenvalue weighted by atomic mass is 9.88. The molecule has 3 heteroatoms. The average Bonchev–Trinajstić information content (AvgIpc) is 2.34. The van der Waals surface area contributed by atoms with E-state index in [9.17, 15) is 9.90 Å². The van der Waals surface area contributed by atoms with Crippen molar-refractivity contribution in [3.05, 3.63) is 35.4 Å². The molecule has 0 aliphatic rings. The summed E-state index contributed by atoms with van der Waals surface area (Å²) in [5, 5.41) is 10.1. The number of aliphatic hydroxyl groups is 1. The minimum atomic E-state index is -0.476. The highest BCUT2D eigenvalue weighted by Gasteiger charge is 2.15. The van der Waals surface area contributed by atoms with Crippen LogP contribution in [-0.4, -0.2) is 18.2 Å². The molecule has 1 rings (SSSR count). The van der Waals surface area contributed by atoms with Crippen molar-refractivity contribution < 1.29 is 14.6 Å². The molecule has 100 valence electrons. The van der Waals surface area contributed by atoms with E-state index in [1.807, 2.05) is 0 Å². The van der Waals surface area contributed by atoms with Gasteiger partial charge in [-0.05, 0) is 36.0 Å². The summed E-state index contributed by atoms with van der Waals surface area (Å²) >= 11 is 0. The monoisotopic (exact) mass is 250 g/mol. The number of methoxy groups -OCH3 is 1. The van der Waals surface area contributed by atoms with Gasteiger partial charge in [-0.2, -0.15) is 0 Å². The quantitative estimate of drug-likeness (QED) is 0.834. The molecular weight excluding hydrogens is 228 g/mol. The highest BCUT2D eigenvalue weighted by Crippen LogP contribution is 2.27. The zero-order valence-corrected chi connectivity index (χ0v) is 11.6. The number of hydrogen-bond donors (Lipinski definition) is 1. The fourth-order valence-corrected chi connectivity index (χ4v) is 1.70. The number of hydrogen-bond acceptors (Lipinski definition) is 3. The van der Waals surface area contributed by atoms with Crippen LogP contribution in [0.4, 0.5) is 0 Å². The van der Waals surface area contributed by atoms with Gasteiger partial charge in [0.1, 0.15) is 0 Å². The SMILES string of the molecule is COC(=O)c1ccc(C(O)CCC(C)(C)C)cc1. The van der Waals surface area contributed by atoms with Gasteiger partial charge in [0.15, 0.2) is 0 Å². The van der Waals surface area contributed by atoms with Crippen molar-refractivity contribution in [1.29, 1.82) is 0 Å². The summed E-state index contributed by atoms with van der Waals surface area (Å²) in [5.74, 6) is -0.356. The maximum absolute atomic E-state index is 11.3. The fourth-order valence-electron chi connectivity index (χ4n) is 1.70. The van der Waals surface area contributed by atoms with Gasteiger partial charge in [-0.3, -0.25) is 0 Å². The van der Waals surface area contributed by atoms with Gasteiger partial charge in [0.2, 0.25) is 0 Å². The Morgan fingerprint density at radius 1 is 1.28 bits per heavy atom. The van der Waals surface area contributed by atoms with E-state index in [2.05, 4.69) is 25.5 Å². The van der Waals surface area contributed by atoms with Gasteiger partial charge in [-0.25, -0.2) is 4.79 Å². The first-order valence-corrected chi connectivity index (χ1v) is 6.20. The molecule has 0 bridgehead atoms. The first-order chi connectivity index (χ1) is 8.33. The molecule has 1 unspecified atom stereocenters. The summed E-state index contributed by atoms with van der Waals surface area (Å²) in [4.78, 5) is 11.3. The summed E-state index contributed by atoms with van der Waals surface area (Å²) in [6, 6.07) is 6.92. The molecule has 3 nitrogen and oxygen atoms in total. The van der Waals surface area contributed by atoms with Gasteiger partial charge in [-0.1, -0.05) is 32.9 Å². The predicted octanol–water partition coefficient (Wildman–Crippen LogP) is 3.33. The Bertz CT molecular complexity index is 387. The zero-order valence-electron chi connectivity index (χ0n) is 11.6. The number of ether oxygens (including phenoxy) is 1. The second-order valence-corrected chi connectivity index (χ2v) is 5.73. The third kappa shape index (κ3) is 4.49. The van der Waals surface area contributed by atoms with E-state index < -0.39 is 6.10 Å². The molecule has 0 heterocycles. The minimum absolute atomic E-state index is 0.215. The summed E-state index contributed by atoms with van der Waals surface area (Å²) in [5.41, 5.74) is 1.56. The number of carbonyl (C=O) groups is 1. The first-order valence-electron chi connectivity index (χ1n) is 6.20. The zero-order chi connectivity index (χ0) is 13.8. The highest BCUT2D eigenvalue weighted by molar-refractivity contribution is 5.89. The molecule has 1 aromatic carbocycles. The standard InChI is InChI=1S/C15H22O3/c1-15(2,3)10-9-13(16)11-5-7-12(8-6-11)14(17)18-4/h5-8,13,16H,9-10H2,1-4H3. The normalized spacial score (nSPS) is 13.2. The number of carbonyl (C=O) groups excluding carboxylic acids is 1. The van der Waals surface area contributed by atoms with Crippen LogP contribution >= 0.6 is 0 Å². The van der Waals surface area contributed by atoms with Gasteiger partial charge in [0.05, 0.1) is 18.8 Å². The Morgan fingerprint density at radius 2 is 1.83 bits per heavy atom. The van der Waals surface area contributed by atoms with Crippen molar-refractivity contribution in [1.82, 2.24) is 0 Å². The molecular formula is C15H22O3. The topological polar surface area (TPSA) is 46.5 Å². The van der Waals surface area contributed by atoms with Crippen LogP contribution < -0.4 is 0 Å². The van der Waals surface area contributed by atoms with Crippen LogP contribution in [0.3, 0.4) is 0 Å². The van der Waals surface area contributed by atoms with Crippen LogP contribution in [0.25, 0.3) is 0 Å². The van der Waals surface area contributed by atoms with E-state index in [1.54, 1.807) is 24.3 Å². The summed E-state index contributed by atoms with van der Waals surface area (Å²) < 4.78 is 4.63. The van der Waals surface area contributed by atoms with Crippen LogP contribution in [0.1, 0.15) is 55.6 Å². The summed E-state index contributed by atoms with van der Waals surface area (Å²) in [6.07, 6.45) is 1.20. The molecule has 0 aliphatic heterocycles. The molecule has 1 atom stereocenters. The summed E-state index contributed by atoms with van der Waals surface area (Å²) in [7, 11) is 1.36. The number of aliphatic hydroxyl groups excluding tert-OH is 1. The summed E-state index contributed by atoms with van der Waals surface area (Å²) in [6.45, 7) is 6.46. The highest BCUT2D eigenvalue weighted by atomic mass is 16.5. The molecule has 1 aromatic rings. The molecule has 0 radical (unpaired) electrons. The van der Waals surface area contributed by atoms with Crippen LogP contribution in [-0.2, 0) is 4.74 Å². The Labute approximate surface area is 109 Å². The van der Waals surface area contributed by atoms with Crippen LogP contribution in [0.2, 0.25) is 0 Å². The maximum atomic E-state index is 11.3. The lowest BCUT2D eigenvalue weighted by molar-refractivity contribution is 0.0600. The largest absolute Gasteiger partial charge is 0.465 e. The van der Waals surface area contributed by atoms with Gasteiger partial charge >= 0.3 is 5.97 Å². The average molecular weight is 250 g/mol. The van der Waals surface area contributed by atoms with Crippen LogP contribution in [0.15, 0.2) is 24.3 Å². The third-order valence-electron chi connectivity index (χ3n) is 2.88. The minimum Gasteiger partial charge on any atom is -0.465 e. The molecule has 0 amide bonds. The van der Waals surface area contributed by atoms with Crippen molar-refractivity contribution in [2.75, 3.05) is 7.11 Å². The lowest BCUT2D eigenvalue weighted by Gasteiger charge is -2.20. The number of benzene rings is 1. The van der Waals surface area contributed by atoms with Crippen molar-refractivity contribution in [3.63, 3.8) is 0 Å². The van der Waals surface area contributed by atoms with E-state index in [4.69, 9.17) is 0 Å². The first kappa shape index (κ1) is 14.7. The van der Waals surface area contributed by atoms with Crippen LogP contribution in [0, 0.1) is 5.41 Å². The Balaban J connectivity index is 2.64. The fraction of sp³-hybridized carbons (Fsp3) is 0.533. The Kier molecular flexibility index (Phi) is 4.91. The van der Waals surface area contributed by atoms with Crippen molar-refractivity contribution in [2.45, 2.75) is 39.7 Å². The van der Waals surface area contributed by atoms with Crippen molar-refractivity contribution >= 4 is 5.97 Å². The molecule has 1 N–H and O–H groups in total. The lowest BCUT2D eigenvalue weighted by Crippen LogP contribution is -2.08. The number of esters is 1. The van der Waals surface area contributed by atoms with E-state index in [0.29, 0.717) is 5.56 Å². The van der Waals surface area contributed by atoms with E-state index in [1.165, 1.54) is 7.11 Å². The molecule has 0 saturated heterocycles. The number of rotatable bonds is 4. The Hall–Kier alpha value is -1.35. The predicted molar refractivity (Wildman–Crippen MR) is 71.4 cm³/mol.